The molecule has 32 heavy (non-hydrogen) atoms. The minimum atomic E-state index is -0.780. The number of hydrazine groups is 1. The number of amides is 1. The molecular formula is C18H12BrCl2FN6O4. The molecule has 1 heterocycles. The molecule has 3 rings (SSSR count). The zero-order chi connectivity index (χ0) is 23.3. The van der Waals surface area contributed by atoms with Gasteiger partial charge >= 0.3 is 5.69 Å². The topological polar surface area (TPSA) is 131 Å². The molecule has 2 aromatic carbocycles. The second kappa shape index (κ2) is 10.4. The number of ether oxygens (including phenoxy) is 1. The van der Waals surface area contributed by atoms with Gasteiger partial charge in [-0.3, -0.25) is 25.8 Å². The lowest BCUT2D eigenvalue weighted by Crippen LogP contribution is -2.34. The van der Waals surface area contributed by atoms with E-state index in [0.29, 0.717) is 9.50 Å². The summed E-state index contributed by atoms with van der Waals surface area (Å²) >= 11 is 14.9. The number of hydrogen-bond acceptors (Lipinski definition) is 8. The molecule has 0 saturated heterocycles. The fraction of sp³-hybridized carbons (Fsp3) is 0.0556. The fourth-order valence-corrected chi connectivity index (χ4v) is 3.15. The number of nitro groups is 1. The summed E-state index contributed by atoms with van der Waals surface area (Å²) in [7, 11) is 0. The summed E-state index contributed by atoms with van der Waals surface area (Å²) in [4.78, 5) is 30.4. The molecule has 0 bridgehead atoms. The molecule has 0 aliphatic rings. The predicted molar refractivity (Wildman–Crippen MR) is 120 cm³/mol. The summed E-state index contributed by atoms with van der Waals surface area (Å²) in [5, 5.41) is 14.7. The second-order valence-corrected chi connectivity index (χ2v) is 7.72. The third-order valence-corrected chi connectivity index (χ3v) is 4.79. The van der Waals surface area contributed by atoms with Gasteiger partial charge in [0.25, 0.3) is 5.91 Å². The zero-order valence-corrected chi connectivity index (χ0v) is 18.8. The molecule has 3 aromatic rings. The summed E-state index contributed by atoms with van der Waals surface area (Å²) in [6.07, 6.45) is 1.00. The Labute approximate surface area is 198 Å². The summed E-state index contributed by atoms with van der Waals surface area (Å²) in [5.41, 5.74) is 3.90. The van der Waals surface area contributed by atoms with Crippen LogP contribution in [0.1, 0.15) is 0 Å². The van der Waals surface area contributed by atoms with E-state index >= 15 is 0 Å². The van der Waals surface area contributed by atoms with Crippen LogP contribution < -0.4 is 20.9 Å². The molecule has 10 nitrogen and oxygen atoms in total. The Balaban J connectivity index is 1.70. The number of anilines is 3. The normalized spacial score (nSPS) is 10.4. The van der Waals surface area contributed by atoms with Gasteiger partial charge < -0.3 is 10.1 Å². The van der Waals surface area contributed by atoms with Crippen LogP contribution >= 0.6 is 39.1 Å². The maximum Gasteiger partial charge on any atom is 0.355 e. The van der Waals surface area contributed by atoms with Crippen LogP contribution in [0.5, 0.6) is 5.75 Å². The molecule has 0 aliphatic carbocycles. The lowest BCUT2D eigenvalue weighted by Gasteiger charge is -2.12. The number of carbonyl (C=O) groups is 1. The Bertz CT molecular complexity index is 1190. The van der Waals surface area contributed by atoms with E-state index in [1.165, 1.54) is 30.3 Å². The highest BCUT2D eigenvalue weighted by Gasteiger charge is 2.24. The van der Waals surface area contributed by atoms with Crippen LogP contribution in [0.15, 0.2) is 47.2 Å². The van der Waals surface area contributed by atoms with E-state index in [4.69, 9.17) is 27.9 Å². The fourth-order valence-electron chi connectivity index (χ4n) is 2.35. The first-order valence-corrected chi connectivity index (χ1v) is 10.1. The molecule has 0 saturated carbocycles. The Morgan fingerprint density at radius 2 is 1.94 bits per heavy atom. The first-order chi connectivity index (χ1) is 15.2. The maximum absolute atomic E-state index is 14.1. The molecule has 1 aromatic heterocycles. The molecule has 0 radical (unpaired) electrons. The molecule has 0 aliphatic heterocycles. The number of carbonyl (C=O) groups excluding carboxylic acids is 1. The van der Waals surface area contributed by atoms with Crippen LogP contribution in [-0.4, -0.2) is 27.4 Å². The van der Waals surface area contributed by atoms with Gasteiger partial charge in [0.15, 0.2) is 6.61 Å². The third kappa shape index (κ3) is 5.93. The first-order valence-electron chi connectivity index (χ1n) is 8.58. The Morgan fingerprint density at radius 3 is 2.62 bits per heavy atom. The van der Waals surface area contributed by atoms with Crippen LogP contribution in [0.4, 0.5) is 27.4 Å². The van der Waals surface area contributed by atoms with Gasteiger partial charge in [-0.1, -0.05) is 39.1 Å². The van der Waals surface area contributed by atoms with E-state index in [1.807, 2.05) is 0 Å². The Morgan fingerprint density at radius 1 is 1.19 bits per heavy atom. The summed E-state index contributed by atoms with van der Waals surface area (Å²) in [5.74, 6) is -1.73. The van der Waals surface area contributed by atoms with Crippen LogP contribution in [0.3, 0.4) is 0 Å². The van der Waals surface area contributed by atoms with Gasteiger partial charge in [-0.2, -0.15) is 0 Å². The molecule has 3 N–H and O–H groups in total. The SMILES string of the molecule is O=C(COc1ccc(Cl)cc1Cl)NNc1ncnc(Nc2ccc(Br)cc2F)c1[N+](=O)[O-]. The van der Waals surface area contributed by atoms with Gasteiger partial charge in [-0.15, -0.1) is 0 Å². The smallest absolute Gasteiger partial charge is 0.355 e. The lowest BCUT2D eigenvalue weighted by molar-refractivity contribution is -0.383. The van der Waals surface area contributed by atoms with Crippen molar-refractivity contribution < 1.29 is 18.8 Å². The van der Waals surface area contributed by atoms with Gasteiger partial charge in [0.05, 0.1) is 15.6 Å². The second-order valence-electron chi connectivity index (χ2n) is 5.96. The Kier molecular flexibility index (Phi) is 7.62. The number of rotatable bonds is 8. The highest BCUT2D eigenvalue weighted by Crippen LogP contribution is 2.32. The van der Waals surface area contributed by atoms with Gasteiger partial charge in [-0.25, -0.2) is 14.4 Å². The van der Waals surface area contributed by atoms with E-state index in [2.05, 4.69) is 42.1 Å². The molecule has 1 amide bonds. The minimum absolute atomic E-state index is 0.0433. The average molecular weight is 546 g/mol. The maximum atomic E-state index is 14.1. The van der Waals surface area contributed by atoms with E-state index in [0.717, 1.165) is 6.33 Å². The van der Waals surface area contributed by atoms with Crippen LogP contribution in [0.25, 0.3) is 0 Å². The first kappa shape index (κ1) is 23.4. The summed E-state index contributed by atoms with van der Waals surface area (Å²) < 4.78 is 19.9. The number of nitrogens with one attached hydrogen (secondary N) is 3. The van der Waals surface area contributed by atoms with E-state index in [-0.39, 0.29) is 28.1 Å². The number of aromatic nitrogens is 2. The van der Waals surface area contributed by atoms with Crippen LogP contribution in [0, 0.1) is 15.9 Å². The summed E-state index contributed by atoms with van der Waals surface area (Å²) in [6.45, 7) is -0.456. The summed E-state index contributed by atoms with van der Waals surface area (Å²) in [6, 6.07) is 8.57. The van der Waals surface area contributed by atoms with Crippen molar-refractivity contribution in [3.05, 3.63) is 73.2 Å². The third-order valence-electron chi connectivity index (χ3n) is 3.76. The molecule has 14 heteroatoms. The molecule has 0 fully saturated rings. The van der Waals surface area contributed by atoms with Crippen molar-refractivity contribution in [1.82, 2.24) is 15.4 Å². The highest BCUT2D eigenvalue weighted by molar-refractivity contribution is 9.10. The van der Waals surface area contributed by atoms with E-state index < -0.39 is 28.9 Å². The van der Waals surface area contributed by atoms with E-state index in [1.54, 1.807) is 6.07 Å². The average Bonchev–Trinajstić information content (AvgIpc) is 2.73. The molecular weight excluding hydrogens is 534 g/mol. The number of nitrogens with zero attached hydrogens (tertiary/aromatic N) is 3. The lowest BCUT2D eigenvalue weighted by atomic mass is 10.3. The van der Waals surface area contributed by atoms with Gasteiger partial charge in [0, 0.05) is 9.50 Å². The predicted octanol–water partition coefficient (Wildman–Crippen LogP) is 4.86. The van der Waals surface area contributed by atoms with E-state index in [9.17, 15) is 19.3 Å². The van der Waals surface area contributed by atoms with Crippen molar-refractivity contribution in [2.24, 2.45) is 0 Å². The molecule has 0 unspecified atom stereocenters. The van der Waals surface area contributed by atoms with Gasteiger partial charge in [0.2, 0.25) is 11.6 Å². The minimum Gasteiger partial charge on any atom is -0.482 e. The van der Waals surface area contributed by atoms with Crippen molar-refractivity contribution in [3.8, 4) is 5.75 Å². The van der Waals surface area contributed by atoms with Crippen molar-refractivity contribution in [2.75, 3.05) is 17.3 Å². The monoisotopic (exact) mass is 544 g/mol. The zero-order valence-electron chi connectivity index (χ0n) is 15.7. The van der Waals surface area contributed by atoms with Crippen molar-refractivity contribution in [2.45, 2.75) is 0 Å². The molecule has 166 valence electrons. The Hall–Kier alpha value is -3.22. The number of benzene rings is 2. The van der Waals surface area contributed by atoms with Crippen LogP contribution in [0.2, 0.25) is 10.0 Å². The van der Waals surface area contributed by atoms with Gasteiger partial charge in [-0.05, 0) is 36.4 Å². The highest BCUT2D eigenvalue weighted by atomic mass is 79.9. The molecule has 0 atom stereocenters. The largest absolute Gasteiger partial charge is 0.482 e. The number of halogens is 4. The van der Waals surface area contributed by atoms with Crippen molar-refractivity contribution in [3.63, 3.8) is 0 Å². The van der Waals surface area contributed by atoms with Crippen molar-refractivity contribution >= 4 is 68.0 Å². The van der Waals surface area contributed by atoms with Gasteiger partial charge in [0.1, 0.15) is 17.9 Å². The van der Waals surface area contributed by atoms with Crippen molar-refractivity contribution in [1.29, 1.82) is 0 Å². The van der Waals surface area contributed by atoms with Crippen LogP contribution in [-0.2, 0) is 4.79 Å². The standard InChI is InChI=1S/C18H12BrCl2FN6O4/c19-9-1-3-13(12(22)5-9)25-17-16(28(30)31)18(24-8-23-17)27-26-15(29)7-32-14-4-2-10(20)6-11(14)21/h1-6,8H,7H2,(H,26,29)(H2,23,24,25,27). The quantitative estimate of drug-likeness (QED) is 0.270. The number of hydrogen-bond donors (Lipinski definition) is 3. The molecule has 0 spiro atoms.